The van der Waals surface area contributed by atoms with E-state index in [1.54, 1.807) is 0 Å². The van der Waals surface area contributed by atoms with Gasteiger partial charge in [-0.2, -0.15) is 5.26 Å². The van der Waals surface area contributed by atoms with Crippen LogP contribution in [-0.2, 0) is 0 Å². The van der Waals surface area contributed by atoms with Gasteiger partial charge in [0, 0.05) is 12.1 Å². The van der Waals surface area contributed by atoms with Crippen molar-refractivity contribution in [3.63, 3.8) is 0 Å². The maximum Gasteiger partial charge on any atom is 0.254 e. The number of halogens is 2. The van der Waals surface area contributed by atoms with E-state index in [1.807, 2.05) is 13.0 Å². The van der Waals surface area contributed by atoms with Gasteiger partial charge in [0.1, 0.15) is 12.4 Å². The highest BCUT2D eigenvalue weighted by molar-refractivity contribution is 6.30. The highest BCUT2D eigenvalue weighted by atomic mass is 35.5. The van der Waals surface area contributed by atoms with Gasteiger partial charge in [-0.1, -0.05) is 18.5 Å². The molecular formula is C12H12ClFN2O. The Morgan fingerprint density at radius 3 is 2.82 bits per heavy atom. The first-order valence-electron chi connectivity index (χ1n) is 5.21. The van der Waals surface area contributed by atoms with Gasteiger partial charge in [0.25, 0.3) is 5.91 Å². The van der Waals surface area contributed by atoms with Crippen molar-refractivity contribution in [3.05, 3.63) is 34.6 Å². The van der Waals surface area contributed by atoms with Crippen LogP contribution >= 0.6 is 11.6 Å². The summed E-state index contributed by atoms with van der Waals surface area (Å²) < 4.78 is 13.2. The number of hydrogen-bond donors (Lipinski definition) is 0. The Morgan fingerprint density at radius 2 is 2.29 bits per heavy atom. The van der Waals surface area contributed by atoms with Crippen LogP contribution < -0.4 is 0 Å². The first kappa shape index (κ1) is 13.5. The number of hydrogen-bond acceptors (Lipinski definition) is 2. The van der Waals surface area contributed by atoms with Gasteiger partial charge in [-0.15, -0.1) is 0 Å². The molecule has 17 heavy (non-hydrogen) atoms. The van der Waals surface area contributed by atoms with Crippen LogP contribution in [0.3, 0.4) is 0 Å². The highest BCUT2D eigenvalue weighted by Crippen LogP contribution is 2.16. The number of benzene rings is 1. The molecule has 0 unspecified atom stereocenters. The fraction of sp³-hybridized carbons (Fsp3) is 0.333. The largest absolute Gasteiger partial charge is 0.325 e. The van der Waals surface area contributed by atoms with Crippen molar-refractivity contribution < 1.29 is 9.18 Å². The van der Waals surface area contributed by atoms with Crippen LogP contribution in [0.5, 0.6) is 0 Å². The third-order valence-electron chi connectivity index (χ3n) is 2.21. The second-order valence-electron chi connectivity index (χ2n) is 3.51. The van der Waals surface area contributed by atoms with Crippen LogP contribution in [0.4, 0.5) is 4.39 Å². The summed E-state index contributed by atoms with van der Waals surface area (Å²) in [7, 11) is 0. The lowest BCUT2D eigenvalue weighted by atomic mass is 10.2. The molecule has 0 saturated heterocycles. The number of carbonyl (C=O) groups is 1. The number of amides is 1. The Hall–Kier alpha value is -1.60. The van der Waals surface area contributed by atoms with Crippen LogP contribution in [0.1, 0.15) is 23.7 Å². The third-order valence-corrected chi connectivity index (χ3v) is 2.52. The van der Waals surface area contributed by atoms with Gasteiger partial charge in [0.05, 0.1) is 11.1 Å². The minimum absolute atomic E-state index is 0.00306. The Morgan fingerprint density at radius 1 is 1.59 bits per heavy atom. The zero-order valence-electron chi connectivity index (χ0n) is 9.41. The topological polar surface area (TPSA) is 44.1 Å². The minimum Gasteiger partial charge on any atom is -0.325 e. The van der Waals surface area contributed by atoms with Crippen molar-refractivity contribution in [2.24, 2.45) is 0 Å². The Balaban J connectivity index is 2.93. The molecule has 1 aromatic carbocycles. The molecule has 0 aliphatic rings. The summed E-state index contributed by atoms with van der Waals surface area (Å²) in [5, 5.41) is 8.59. The molecule has 0 heterocycles. The molecule has 0 radical (unpaired) electrons. The Kier molecular flexibility index (Phi) is 4.92. The van der Waals surface area contributed by atoms with E-state index < -0.39 is 5.82 Å². The molecule has 0 fully saturated rings. The fourth-order valence-electron chi connectivity index (χ4n) is 1.42. The van der Waals surface area contributed by atoms with E-state index in [9.17, 15) is 9.18 Å². The molecule has 0 spiro atoms. The quantitative estimate of drug-likeness (QED) is 0.776. The van der Waals surface area contributed by atoms with E-state index >= 15 is 0 Å². The molecule has 5 heteroatoms. The molecule has 90 valence electrons. The van der Waals surface area contributed by atoms with Gasteiger partial charge >= 0.3 is 0 Å². The van der Waals surface area contributed by atoms with Crippen LogP contribution in [0, 0.1) is 17.1 Å². The number of rotatable bonds is 4. The molecule has 0 saturated carbocycles. The summed E-state index contributed by atoms with van der Waals surface area (Å²) in [6.45, 7) is 2.37. The van der Waals surface area contributed by atoms with Crippen LogP contribution in [-0.4, -0.2) is 23.9 Å². The monoisotopic (exact) mass is 254 g/mol. The van der Waals surface area contributed by atoms with Gasteiger partial charge in [0.15, 0.2) is 0 Å². The molecule has 0 N–H and O–H groups in total. The zero-order valence-corrected chi connectivity index (χ0v) is 10.2. The summed E-state index contributed by atoms with van der Waals surface area (Å²) >= 11 is 5.53. The molecule has 1 aromatic rings. The smallest absolute Gasteiger partial charge is 0.254 e. The van der Waals surface area contributed by atoms with Gasteiger partial charge in [0.2, 0.25) is 0 Å². The van der Waals surface area contributed by atoms with E-state index in [2.05, 4.69) is 0 Å². The second-order valence-corrected chi connectivity index (χ2v) is 3.92. The van der Waals surface area contributed by atoms with Crippen molar-refractivity contribution in [2.75, 3.05) is 13.1 Å². The summed E-state index contributed by atoms with van der Waals surface area (Å²) in [6, 6.07) is 5.79. The lowest BCUT2D eigenvalue weighted by molar-refractivity contribution is 0.0775. The molecule has 0 bridgehead atoms. The van der Waals surface area contributed by atoms with E-state index in [4.69, 9.17) is 16.9 Å². The van der Waals surface area contributed by atoms with Crippen molar-refractivity contribution in [1.29, 1.82) is 5.26 Å². The second kappa shape index (κ2) is 6.21. The van der Waals surface area contributed by atoms with Crippen molar-refractivity contribution >= 4 is 17.5 Å². The summed E-state index contributed by atoms with van der Waals surface area (Å²) in [6.07, 6.45) is 0.740. The SMILES string of the molecule is CCCN(CC#N)C(=O)c1ccc(Cl)c(F)c1. The van der Waals surface area contributed by atoms with Crippen molar-refractivity contribution in [2.45, 2.75) is 13.3 Å². The van der Waals surface area contributed by atoms with Crippen LogP contribution in [0.15, 0.2) is 18.2 Å². The number of nitriles is 1. The fourth-order valence-corrected chi connectivity index (χ4v) is 1.54. The first-order valence-corrected chi connectivity index (χ1v) is 5.59. The van der Waals surface area contributed by atoms with E-state index in [0.29, 0.717) is 6.54 Å². The molecule has 3 nitrogen and oxygen atoms in total. The molecule has 0 aliphatic heterocycles. The molecule has 1 amide bonds. The number of nitrogens with zero attached hydrogens (tertiary/aromatic N) is 2. The average molecular weight is 255 g/mol. The summed E-state index contributed by atoms with van der Waals surface area (Å²) in [5.41, 5.74) is 0.204. The number of carbonyl (C=O) groups excluding carboxylic acids is 1. The molecule has 0 atom stereocenters. The maximum absolute atomic E-state index is 13.2. The van der Waals surface area contributed by atoms with Crippen molar-refractivity contribution in [1.82, 2.24) is 4.90 Å². The molecular weight excluding hydrogens is 243 g/mol. The first-order chi connectivity index (χ1) is 8.10. The average Bonchev–Trinajstić information content (AvgIpc) is 2.31. The van der Waals surface area contributed by atoms with Gasteiger partial charge in [-0.05, 0) is 24.6 Å². The zero-order chi connectivity index (χ0) is 12.8. The lowest BCUT2D eigenvalue weighted by Gasteiger charge is -2.18. The minimum atomic E-state index is -0.633. The van der Waals surface area contributed by atoms with Gasteiger partial charge in [-0.25, -0.2) is 4.39 Å². The van der Waals surface area contributed by atoms with Crippen molar-refractivity contribution in [3.8, 4) is 6.07 Å². The Bertz CT molecular complexity index is 456. The molecule has 1 rings (SSSR count). The van der Waals surface area contributed by atoms with Crippen LogP contribution in [0.2, 0.25) is 5.02 Å². The van der Waals surface area contributed by atoms with E-state index in [1.165, 1.54) is 17.0 Å². The van der Waals surface area contributed by atoms with Crippen LogP contribution in [0.25, 0.3) is 0 Å². The summed E-state index contributed by atoms with van der Waals surface area (Å²) in [5.74, 6) is -0.991. The lowest BCUT2D eigenvalue weighted by Crippen LogP contribution is -2.32. The van der Waals surface area contributed by atoms with E-state index in [0.717, 1.165) is 12.5 Å². The Labute approximate surface area is 104 Å². The standard InChI is InChI=1S/C12H12ClFN2O/c1-2-6-16(7-5-15)12(17)9-3-4-10(13)11(14)8-9/h3-4,8H,2,6-7H2,1H3. The van der Waals surface area contributed by atoms with E-state index in [-0.39, 0.29) is 23.0 Å². The predicted octanol–water partition coefficient (Wildman–Crippen LogP) is 2.85. The summed E-state index contributed by atoms with van der Waals surface area (Å²) in [4.78, 5) is 13.3. The third kappa shape index (κ3) is 3.43. The predicted molar refractivity (Wildman–Crippen MR) is 63.2 cm³/mol. The highest BCUT2D eigenvalue weighted by Gasteiger charge is 2.15. The van der Waals surface area contributed by atoms with Gasteiger partial charge in [-0.3, -0.25) is 4.79 Å². The normalized spacial score (nSPS) is 9.76. The van der Waals surface area contributed by atoms with Gasteiger partial charge < -0.3 is 4.90 Å². The maximum atomic E-state index is 13.2. The molecule has 0 aromatic heterocycles. The molecule has 0 aliphatic carbocycles.